The quantitative estimate of drug-likeness (QED) is 0.648. The summed E-state index contributed by atoms with van der Waals surface area (Å²) in [6, 6.07) is 1.75. The zero-order valence-corrected chi connectivity index (χ0v) is 10.4. The highest BCUT2D eigenvalue weighted by Gasteiger charge is 2.27. The van der Waals surface area contributed by atoms with E-state index in [0.29, 0.717) is 16.0 Å². The van der Waals surface area contributed by atoms with E-state index in [4.69, 9.17) is 29.0 Å². The molecule has 1 unspecified atom stereocenters. The number of rotatable bonds is 3. The van der Waals surface area contributed by atoms with Gasteiger partial charge in [-0.1, -0.05) is 36.0 Å². The summed E-state index contributed by atoms with van der Waals surface area (Å²) in [4.78, 5) is 4.29. The molecule has 88 valence electrons. The first-order chi connectivity index (χ1) is 7.72. The molecule has 1 aromatic heterocycles. The lowest BCUT2D eigenvalue weighted by Crippen LogP contribution is -2.33. The Morgan fingerprint density at radius 1 is 1.38 bits per heavy atom. The van der Waals surface area contributed by atoms with Crippen molar-refractivity contribution in [1.29, 1.82) is 0 Å². The first-order valence-electron chi connectivity index (χ1n) is 5.49. The molecule has 3 N–H and O–H groups in total. The molecule has 1 aliphatic rings. The Hall–Kier alpha value is -0.350. The van der Waals surface area contributed by atoms with E-state index in [-0.39, 0.29) is 6.04 Å². The molecule has 1 heterocycles. The summed E-state index contributed by atoms with van der Waals surface area (Å²) >= 11 is 12.0. The van der Waals surface area contributed by atoms with E-state index in [1.54, 1.807) is 12.3 Å². The second-order valence-corrected chi connectivity index (χ2v) is 5.05. The zero-order chi connectivity index (χ0) is 11.5. The van der Waals surface area contributed by atoms with E-state index >= 15 is 0 Å². The van der Waals surface area contributed by atoms with Crippen LogP contribution in [0.3, 0.4) is 0 Å². The van der Waals surface area contributed by atoms with Gasteiger partial charge in [-0.05, 0) is 24.8 Å². The first kappa shape index (κ1) is 12.1. The van der Waals surface area contributed by atoms with Crippen LogP contribution in [-0.2, 0) is 0 Å². The topological polar surface area (TPSA) is 50.9 Å². The van der Waals surface area contributed by atoms with Crippen molar-refractivity contribution in [1.82, 2.24) is 10.4 Å². The number of aromatic nitrogens is 1. The molecule has 0 saturated heterocycles. The van der Waals surface area contributed by atoms with Crippen LogP contribution < -0.4 is 11.3 Å². The zero-order valence-electron chi connectivity index (χ0n) is 8.92. The summed E-state index contributed by atoms with van der Waals surface area (Å²) in [5.74, 6) is 6.13. The normalized spacial score (nSPS) is 18.9. The van der Waals surface area contributed by atoms with Crippen molar-refractivity contribution in [2.24, 2.45) is 11.8 Å². The molecule has 0 spiro atoms. The van der Waals surface area contributed by atoms with Gasteiger partial charge in [0.05, 0.1) is 21.8 Å². The number of hydrazine groups is 1. The molecule has 1 atom stereocenters. The van der Waals surface area contributed by atoms with Crippen molar-refractivity contribution in [2.75, 3.05) is 0 Å². The molecule has 0 amide bonds. The minimum Gasteiger partial charge on any atom is -0.271 e. The van der Waals surface area contributed by atoms with Crippen molar-refractivity contribution >= 4 is 23.2 Å². The van der Waals surface area contributed by atoms with E-state index in [2.05, 4.69) is 10.4 Å². The van der Waals surface area contributed by atoms with Crippen LogP contribution in [0.25, 0.3) is 0 Å². The van der Waals surface area contributed by atoms with Crippen LogP contribution in [0.2, 0.25) is 10.0 Å². The summed E-state index contributed by atoms with van der Waals surface area (Å²) in [5, 5.41) is 1.14. The summed E-state index contributed by atoms with van der Waals surface area (Å²) in [6.07, 6.45) is 6.48. The highest BCUT2D eigenvalue weighted by atomic mass is 35.5. The number of hydrogen-bond acceptors (Lipinski definition) is 3. The van der Waals surface area contributed by atoms with Crippen molar-refractivity contribution in [3.8, 4) is 0 Å². The lowest BCUT2D eigenvalue weighted by Gasteiger charge is -2.22. The molecule has 5 heteroatoms. The maximum absolute atomic E-state index is 6.14. The van der Waals surface area contributed by atoms with Crippen LogP contribution in [0.4, 0.5) is 0 Å². The molecule has 1 fully saturated rings. The fourth-order valence-corrected chi connectivity index (χ4v) is 2.88. The van der Waals surface area contributed by atoms with Gasteiger partial charge in [0.2, 0.25) is 0 Å². The molecule has 1 aliphatic carbocycles. The van der Waals surface area contributed by atoms with Crippen molar-refractivity contribution in [3.63, 3.8) is 0 Å². The second-order valence-electron chi connectivity index (χ2n) is 4.21. The number of halogens is 2. The molecule has 1 saturated carbocycles. The fraction of sp³-hybridized carbons (Fsp3) is 0.545. The van der Waals surface area contributed by atoms with Gasteiger partial charge in [0.1, 0.15) is 0 Å². The minimum absolute atomic E-state index is 0.0345. The molecule has 0 aliphatic heterocycles. The van der Waals surface area contributed by atoms with Crippen LogP contribution >= 0.6 is 23.2 Å². The van der Waals surface area contributed by atoms with E-state index in [1.807, 2.05) is 0 Å². The number of nitrogens with two attached hydrogens (primary N) is 1. The Balaban J connectivity index is 2.25. The predicted octanol–water partition coefficient (Wildman–Crippen LogP) is 3.08. The van der Waals surface area contributed by atoms with Crippen LogP contribution in [-0.4, -0.2) is 4.98 Å². The number of nitrogens with one attached hydrogen (secondary N) is 1. The third kappa shape index (κ3) is 2.48. The van der Waals surface area contributed by atoms with E-state index < -0.39 is 0 Å². The molecular formula is C11H15Cl2N3. The van der Waals surface area contributed by atoms with Crippen LogP contribution in [0.5, 0.6) is 0 Å². The molecular weight excluding hydrogens is 245 g/mol. The molecule has 3 nitrogen and oxygen atoms in total. The molecule has 2 rings (SSSR count). The SMILES string of the molecule is NNC(c1ncc(Cl)cc1Cl)C1CCCC1. The van der Waals surface area contributed by atoms with Crippen molar-refractivity contribution in [2.45, 2.75) is 31.7 Å². The summed E-state index contributed by atoms with van der Waals surface area (Å²) in [5.41, 5.74) is 3.64. The van der Waals surface area contributed by atoms with Gasteiger partial charge in [0.25, 0.3) is 0 Å². The third-order valence-electron chi connectivity index (χ3n) is 3.18. The van der Waals surface area contributed by atoms with Crippen LogP contribution in [0.1, 0.15) is 37.4 Å². The Kier molecular flexibility index (Phi) is 4.03. The first-order valence-corrected chi connectivity index (χ1v) is 6.25. The van der Waals surface area contributed by atoms with Gasteiger partial charge < -0.3 is 0 Å². The predicted molar refractivity (Wildman–Crippen MR) is 66.3 cm³/mol. The second kappa shape index (κ2) is 5.32. The fourth-order valence-electron chi connectivity index (χ4n) is 2.38. The number of hydrogen-bond donors (Lipinski definition) is 2. The average Bonchev–Trinajstić information content (AvgIpc) is 2.75. The lowest BCUT2D eigenvalue weighted by molar-refractivity contribution is 0.366. The third-order valence-corrected chi connectivity index (χ3v) is 3.69. The smallest absolute Gasteiger partial charge is 0.0776 e. The lowest BCUT2D eigenvalue weighted by atomic mass is 9.95. The number of nitrogens with zero attached hydrogens (tertiary/aromatic N) is 1. The minimum atomic E-state index is 0.0345. The van der Waals surface area contributed by atoms with Gasteiger partial charge in [-0.3, -0.25) is 16.3 Å². The van der Waals surface area contributed by atoms with Gasteiger partial charge in [-0.2, -0.15) is 0 Å². The molecule has 16 heavy (non-hydrogen) atoms. The molecule has 1 aromatic rings. The maximum Gasteiger partial charge on any atom is 0.0776 e. The van der Waals surface area contributed by atoms with Gasteiger partial charge in [-0.15, -0.1) is 0 Å². The van der Waals surface area contributed by atoms with E-state index in [1.165, 1.54) is 25.7 Å². The van der Waals surface area contributed by atoms with E-state index in [0.717, 1.165) is 5.69 Å². The Morgan fingerprint density at radius 3 is 2.62 bits per heavy atom. The highest BCUT2D eigenvalue weighted by molar-refractivity contribution is 6.34. The molecule has 0 bridgehead atoms. The Labute approximate surface area is 105 Å². The average molecular weight is 260 g/mol. The van der Waals surface area contributed by atoms with E-state index in [9.17, 15) is 0 Å². The molecule has 0 aromatic carbocycles. The Morgan fingerprint density at radius 2 is 2.06 bits per heavy atom. The van der Waals surface area contributed by atoms with Gasteiger partial charge in [0.15, 0.2) is 0 Å². The van der Waals surface area contributed by atoms with Gasteiger partial charge in [-0.25, -0.2) is 0 Å². The van der Waals surface area contributed by atoms with Crippen molar-refractivity contribution in [3.05, 3.63) is 28.0 Å². The number of pyridine rings is 1. The highest BCUT2D eigenvalue weighted by Crippen LogP contribution is 2.37. The van der Waals surface area contributed by atoms with Crippen molar-refractivity contribution < 1.29 is 0 Å². The van der Waals surface area contributed by atoms with Crippen LogP contribution in [0.15, 0.2) is 12.3 Å². The largest absolute Gasteiger partial charge is 0.271 e. The van der Waals surface area contributed by atoms with Gasteiger partial charge in [0, 0.05) is 6.20 Å². The standard InChI is InChI=1S/C11H15Cl2N3/c12-8-5-9(13)11(15-6-8)10(16-14)7-3-1-2-4-7/h5-7,10,16H,1-4,14H2. The Bertz CT molecular complexity index is 364. The monoisotopic (exact) mass is 259 g/mol. The molecule has 0 radical (unpaired) electrons. The maximum atomic E-state index is 6.14. The van der Waals surface area contributed by atoms with Gasteiger partial charge >= 0.3 is 0 Å². The summed E-state index contributed by atoms with van der Waals surface area (Å²) < 4.78 is 0. The summed E-state index contributed by atoms with van der Waals surface area (Å²) in [6.45, 7) is 0. The summed E-state index contributed by atoms with van der Waals surface area (Å²) in [7, 11) is 0. The van der Waals surface area contributed by atoms with Crippen LogP contribution in [0, 0.1) is 5.92 Å².